The lowest BCUT2D eigenvalue weighted by atomic mass is 9.94. The van der Waals surface area contributed by atoms with E-state index in [1.165, 1.54) is 16.9 Å². The van der Waals surface area contributed by atoms with Crippen LogP contribution in [0, 0.1) is 5.82 Å². The van der Waals surface area contributed by atoms with Gasteiger partial charge in [0, 0.05) is 15.9 Å². The molecule has 0 aliphatic heterocycles. The Hall–Kier alpha value is -1.67. The van der Waals surface area contributed by atoms with E-state index in [4.69, 9.17) is 0 Å². The molecule has 1 N–H and O–H groups in total. The number of phenolic OH excluding ortho intramolecular Hbond substituents is 1. The van der Waals surface area contributed by atoms with Crippen LogP contribution in [-0.4, -0.2) is 27.9 Å². The van der Waals surface area contributed by atoms with Gasteiger partial charge in [0.2, 0.25) is 0 Å². The predicted octanol–water partition coefficient (Wildman–Crippen LogP) is 1.10. The second-order valence-corrected chi connectivity index (χ2v) is 5.37. The summed E-state index contributed by atoms with van der Waals surface area (Å²) in [6, 6.07) is 5.87. The van der Waals surface area contributed by atoms with Gasteiger partial charge in [0.05, 0.1) is 0 Å². The van der Waals surface area contributed by atoms with Gasteiger partial charge in [-0.2, -0.15) is 0 Å². The molecule has 3 aromatic rings. The fourth-order valence-electron chi connectivity index (χ4n) is 1.92. The normalized spacial score (nSPS) is 11.2. The number of phenols is 1. The van der Waals surface area contributed by atoms with Gasteiger partial charge in [-0.25, -0.2) is 4.39 Å². The fourth-order valence-corrected chi connectivity index (χ4v) is 2.29. The van der Waals surface area contributed by atoms with Crippen LogP contribution in [-0.2, 0) is 0 Å². The quantitative estimate of drug-likeness (QED) is 0.466. The number of nitrogens with zero attached hydrogens (tertiary/aromatic N) is 3. The highest BCUT2D eigenvalue weighted by Gasteiger charge is 2.13. The molecule has 4 nitrogen and oxygen atoms in total. The molecular formula is C12H9BFN3OS2. The number of rotatable bonds is 1. The Morgan fingerprint density at radius 3 is 2.15 bits per heavy atom. The molecule has 0 saturated heterocycles. The monoisotopic (exact) mass is 305 g/mol. The first-order valence-electron chi connectivity index (χ1n) is 5.74. The van der Waals surface area contributed by atoms with Crippen molar-refractivity contribution in [2.75, 3.05) is 0 Å². The van der Waals surface area contributed by atoms with Crippen molar-refractivity contribution in [2.24, 2.45) is 0 Å². The lowest BCUT2D eigenvalue weighted by Gasteiger charge is -2.06. The van der Waals surface area contributed by atoms with Crippen molar-refractivity contribution in [1.82, 2.24) is 15.0 Å². The summed E-state index contributed by atoms with van der Waals surface area (Å²) < 4.78 is 13.5. The molecule has 0 bridgehead atoms. The van der Waals surface area contributed by atoms with Crippen LogP contribution >= 0.6 is 25.3 Å². The summed E-state index contributed by atoms with van der Waals surface area (Å²) in [6.07, 6.45) is 0. The van der Waals surface area contributed by atoms with Crippen molar-refractivity contribution in [3.05, 3.63) is 30.1 Å². The smallest absolute Gasteiger partial charge is 0.144 e. The van der Waals surface area contributed by atoms with Crippen LogP contribution in [0.2, 0.25) is 0 Å². The maximum Gasteiger partial charge on any atom is 0.144 e. The Morgan fingerprint density at radius 1 is 1.05 bits per heavy atom. The van der Waals surface area contributed by atoms with E-state index in [1.54, 1.807) is 20.0 Å². The third-order valence-electron chi connectivity index (χ3n) is 2.94. The summed E-state index contributed by atoms with van der Waals surface area (Å²) in [5, 5.41) is 18.5. The SMILES string of the molecule is Bc1cc(F)cc(-n2nc3cc(S)c(S)cc3n2)c1O. The zero-order valence-electron chi connectivity index (χ0n) is 10.4. The number of aromatic hydroxyl groups is 1. The van der Waals surface area contributed by atoms with Crippen LogP contribution in [0.3, 0.4) is 0 Å². The zero-order valence-corrected chi connectivity index (χ0v) is 12.2. The molecule has 0 amide bonds. The highest BCUT2D eigenvalue weighted by atomic mass is 32.1. The number of hydrogen-bond donors (Lipinski definition) is 3. The molecular weight excluding hydrogens is 296 g/mol. The number of thiol groups is 2. The molecule has 20 heavy (non-hydrogen) atoms. The second kappa shape index (κ2) is 4.71. The minimum absolute atomic E-state index is 0.0519. The molecule has 0 fully saturated rings. The average molecular weight is 305 g/mol. The van der Waals surface area contributed by atoms with E-state index in [9.17, 15) is 9.50 Å². The van der Waals surface area contributed by atoms with Gasteiger partial charge in [-0.05, 0) is 23.7 Å². The molecule has 0 spiro atoms. The van der Waals surface area contributed by atoms with Crippen LogP contribution < -0.4 is 5.46 Å². The maximum atomic E-state index is 13.5. The van der Waals surface area contributed by atoms with Crippen LogP contribution in [0.15, 0.2) is 34.1 Å². The van der Waals surface area contributed by atoms with Gasteiger partial charge < -0.3 is 5.11 Å². The molecule has 0 aliphatic rings. The van der Waals surface area contributed by atoms with E-state index in [-0.39, 0.29) is 11.4 Å². The number of aromatic nitrogens is 3. The van der Waals surface area contributed by atoms with Crippen LogP contribution in [0.5, 0.6) is 5.75 Å². The Morgan fingerprint density at radius 2 is 1.60 bits per heavy atom. The number of hydrogen-bond acceptors (Lipinski definition) is 5. The minimum atomic E-state index is -0.457. The Kier molecular flexibility index (Phi) is 3.14. The first-order chi connectivity index (χ1) is 9.45. The highest BCUT2D eigenvalue weighted by molar-refractivity contribution is 7.83. The summed E-state index contributed by atoms with van der Waals surface area (Å²) in [7, 11) is 1.61. The zero-order chi connectivity index (χ0) is 14.4. The molecule has 0 saturated carbocycles. The first-order valence-corrected chi connectivity index (χ1v) is 6.63. The predicted molar refractivity (Wildman–Crippen MR) is 83.2 cm³/mol. The fraction of sp³-hybridized carbons (Fsp3) is 0. The van der Waals surface area contributed by atoms with Gasteiger partial charge >= 0.3 is 0 Å². The number of benzene rings is 2. The molecule has 0 unspecified atom stereocenters. The van der Waals surface area contributed by atoms with E-state index in [1.807, 2.05) is 0 Å². The van der Waals surface area contributed by atoms with E-state index < -0.39 is 5.82 Å². The lowest BCUT2D eigenvalue weighted by Crippen LogP contribution is -2.10. The Labute approximate surface area is 125 Å². The summed E-state index contributed by atoms with van der Waals surface area (Å²) in [5.74, 6) is -0.509. The number of fused-ring (bicyclic) bond motifs is 1. The minimum Gasteiger partial charge on any atom is -0.506 e. The van der Waals surface area contributed by atoms with Gasteiger partial charge in [0.25, 0.3) is 0 Å². The van der Waals surface area contributed by atoms with Crippen molar-refractivity contribution < 1.29 is 9.50 Å². The van der Waals surface area contributed by atoms with Crippen molar-refractivity contribution in [2.45, 2.75) is 9.79 Å². The number of halogens is 1. The largest absolute Gasteiger partial charge is 0.506 e. The molecule has 8 heteroatoms. The van der Waals surface area contributed by atoms with E-state index in [0.29, 0.717) is 26.3 Å². The van der Waals surface area contributed by atoms with Crippen molar-refractivity contribution in [3.8, 4) is 11.4 Å². The Balaban J connectivity index is 2.25. The Bertz CT molecular complexity index is 798. The third-order valence-corrected chi connectivity index (χ3v) is 3.85. The molecule has 1 aromatic heterocycles. The van der Waals surface area contributed by atoms with E-state index >= 15 is 0 Å². The van der Waals surface area contributed by atoms with E-state index in [0.717, 1.165) is 0 Å². The topological polar surface area (TPSA) is 50.9 Å². The van der Waals surface area contributed by atoms with Crippen molar-refractivity contribution in [1.29, 1.82) is 0 Å². The molecule has 0 atom stereocenters. The summed E-state index contributed by atoms with van der Waals surface area (Å²) >= 11 is 8.52. The highest BCUT2D eigenvalue weighted by Crippen LogP contribution is 2.25. The molecule has 3 rings (SSSR count). The van der Waals surface area contributed by atoms with Gasteiger partial charge in [0.1, 0.15) is 36.1 Å². The standard InChI is InChI=1S/C12H9BFN3OS2/c13-6-1-5(14)2-9(12(6)18)17-15-7-3-10(19)11(20)4-8(7)16-17/h1-4,18-20H,13H2. The molecule has 0 radical (unpaired) electrons. The van der Waals surface area contributed by atoms with E-state index in [2.05, 4.69) is 35.5 Å². The molecule has 100 valence electrons. The maximum absolute atomic E-state index is 13.5. The molecule has 0 aliphatic carbocycles. The summed E-state index contributed by atoms with van der Waals surface area (Å²) in [6.45, 7) is 0. The lowest BCUT2D eigenvalue weighted by molar-refractivity contribution is 0.469. The third kappa shape index (κ3) is 2.14. The van der Waals surface area contributed by atoms with Crippen LogP contribution in [0.1, 0.15) is 0 Å². The molecule has 2 aromatic carbocycles. The van der Waals surface area contributed by atoms with Gasteiger partial charge in [-0.3, -0.25) is 0 Å². The average Bonchev–Trinajstić information content (AvgIpc) is 2.77. The van der Waals surface area contributed by atoms with Crippen LogP contribution in [0.25, 0.3) is 16.7 Å². The van der Waals surface area contributed by atoms with Gasteiger partial charge in [-0.1, -0.05) is 0 Å². The van der Waals surface area contributed by atoms with Crippen LogP contribution in [0.4, 0.5) is 4.39 Å². The van der Waals surface area contributed by atoms with Gasteiger partial charge in [-0.15, -0.1) is 40.3 Å². The summed E-state index contributed by atoms with van der Waals surface area (Å²) in [5.41, 5.74) is 1.80. The van der Waals surface area contributed by atoms with Gasteiger partial charge in [0.15, 0.2) is 0 Å². The van der Waals surface area contributed by atoms with Crippen molar-refractivity contribution >= 4 is 49.6 Å². The van der Waals surface area contributed by atoms with Crippen molar-refractivity contribution in [3.63, 3.8) is 0 Å². The second-order valence-electron chi connectivity index (χ2n) is 4.41. The first kappa shape index (κ1) is 13.3. The molecule has 1 heterocycles. The summed E-state index contributed by atoms with van der Waals surface area (Å²) in [4.78, 5) is 2.55.